The van der Waals surface area contributed by atoms with E-state index in [2.05, 4.69) is 101 Å². The largest absolute Gasteiger partial charge is 0.468 e. The van der Waals surface area contributed by atoms with E-state index >= 15 is 0 Å². The molecule has 5 nitrogen and oxygen atoms in total. The molecule has 0 aliphatic rings. The highest BCUT2D eigenvalue weighted by molar-refractivity contribution is 15.0. The lowest BCUT2D eigenvalue weighted by molar-refractivity contribution is -0.140. The van der Waals surface area contributed by atoms with Crippen molar-refractivity contribution in [2.24, 2.45) is 0 Å². The Balaban J connectivity index is -0.0000000345. The van der Waals surface area contributed by atoms with Crippen molar-refractivity contribution in [2.75, 3.05) is 36.4 Å². The predicted molar refractivity (Wildman–Crippen MR) is 119 cm³/mol. The number of esters is 2. The average Bonchev–Trinajstić information content (AvgIpc) is 2.53. The highest BCUT2D eigenvalue weighted by Gasteiger charge is 1.92. The van der Waals surface area contributed by atoms with Crippen LogP contribution in [0.3, 0.4) is 0 Å². The molecule has 0 rings (SSSR count). The summed E-state index contributed by atoms with van der Waals surface area (Å²) in [6, 6.07) is 0. The van der Waals surface area contributed by atoms with E-state index < -0.39 is 0 Å². The van der Waals surface area contributed by atoms with Crippen molar-refractivity contribution in [3.63, 3.8) is 0 Å². The SMILES string of the molecule is C.CCOC(=O)CBr.CI.CO.COC(=O)CBr.II. The van der Waals surface area contributed by atoms with E-state index in [9.17, 15) is 9.59 Å². The van der Waals surface area contributed by atoms with Gasteiger partial charge in [0.15, 0.2) is 0 Å². The van der Waals surface area contributed by atoms with Crippen molar-refractivity contribution in [1.29, 1.82) is 0 Å². The third-order valence-corrected chi connectivity index (χ3v) is 1.67. The zero-order valence-corrected chi connectivity index (χ0v) is 20.7. The van der Waals surface area contributed by atoms with Crippen LogP contribution in [0.1, 0.15) is 14.4 Å². The number of hydrogen-bond acceptors (Lipinski definition) is 5. The molecule has 0 aromatic carbocycles. The number of carbonyl (C=O) groups is 2. The van der Waals surface area contributed by atoms with Crippen LogP contribution < -0.4 is 0 Å². The van der Waals surface area contributed by atoms with Crippen LogP contribution in [0, 0.1) is 0 Å². The van der Waals surface area contributed by atoms with Crippen molar-refractivity contribution >= 4 is 104 Å². The van der Waals surface area contributed by atoms with Gasteiger partial charge in [0, 0.05) is 44.3 Å². The Hall–Kier alpha value is 2.05. The van der Waals surface area contributed by atoms with Crippen molar-refractivity contribution in [3.05, 3.63) is 0 Å². The van der Waals surface area contributed by atoms with Crippen LogP contribution in [-0.2, 0) is 19.1 Å². The maximum Gasteiger partial charge on any atom is 0.316 e. The molecule has 0 radical (unpaired) electrons. The summed E-state index contributed by atoms with van der Waals surface area (Å²) in [6.07, 6.45) is 0. The first kappa shape index (κ1) is 37.9. The first-order chi connectivity index (χ1) is 9.12. The monoisotopic (exact) mass is 762 g/mol. The predicted octanol–water partition coefficient (Wildman–Crippen LogP) is 4.57. The van der Waals surface area contributed by atoms with Gasteiger partial charge >= 0.3 is 11.9 Å². The van der Waals surface area contributed by atoms with E-state index in [1.54, 1.807) is 6.92 Å². The number of alkyl halides is 3. The Morgan fingerprint density at radius 1 is 1.05 bits per heavy atom. The van der Waals surface area contributed by atoms with Gasteiger partial charge in [0.05, 0.1) is 13.7 Å². The van der Waals surface area contributed by atoms with Crippen LogP contribution in [0.4, 0.5) is 0 Å². The summed E-state index contributed by atoms with van der Waals surface area (Å²) in [5.41, 5.74) is 0. The van der Waals surface area contributed by atoms with Gasteiger partial charge in [0.2, 0.25) is 0 Å². The van der Waals surface area contributed by atoms with Gasteiger partial charge in [0.1, 0.15) is 10.7 Å². The van der Waals surface area contributed by atoms with Crippen molar-refractivity contribution < 1.29 is 24.2 Å². The zero-order valence-electron chi connectivity index (χ0n) is 11.1. The maximum atomic E-state index is 10.1. The molecule has 0 aliphatic carbocycles. The highest BCUT2D eigenvalue weighted by Crippen LogP contribution is 1.89. The number of aliphatic hydroxyl groups is 1. The van der Waals surface area contributed by atoms with Gasteiger partial charge in [-0.2, -0.15) is 0 Å². The maximum absolute atomic E-state index is 10.1. The lowest BCUT2D eigenvalue weighted by atomic mass is 10.8. The first-order valence-electron chi connectivity index (χ1n) is 4.43. The number of methoxy groups -OCH3 is 1. The summed E-state index contributed by atoms with van der Waals surface area (Å²) in [6.45, 7) is 2.24. The van der Waals surface area contributed by atoms with Gasteiger partial charge in [-0.25, -0.2) is 0 Å². The van der Waals surface area contributed by atoms with Crippen LogP contribution in [0.5, 0.6) is 0 Å². The topological polar surface area (TPSA) is 72.8 Å². The fourth-order valence-corrected chi connectivity index (χ4v) is 0.645. The summed E-state index contributed by atoms with van der Waals surface area (Å²) in [4.78, 5) is 22.0. The molecule has 0 saturated heterocycles. The number of aliphatic hydroxyl groups excluding tert-OH is 1. The molecule has 0 spiro atoms. The Bertz CT molecular complexity index is 160. The summed E-state index contributed by atoms with van der Waals surface area (Å²) >= 11 is 12.2. The second kappa shape index (κ2) is 49.7. The smallest absolute Gasteiger partial charge is 0.316 e. The van der Waals surface area contributed by atoms with E-state index in [4.69, 9.17) is 5.11 Å². The number of rotatable bonds is 3. The Morgan fingerprint density at radius 2 is 1.35 bits per heavy atom. The summed E-state index contributed by atoms with van der Waals surface area (Å²) in [5, 5.41) is 7.57. The lowest BCUT2D eigenvalue weighted by Gasteiger charge is -1.92. The second-order valence-electron chi connectivity index (χ2n) is 1.65. The van der Waals surface area contributed by atoms with Crippen molar-refractivity contribution in [1.82, 2.24) is 0 Å². The Labute approximate surface area is 176 Å². The van der Waals surface area contributed by atoms with Crippen LogP contribution in [0.15, 0.2) is 0 Å². The molecule has 0 aromatic rings. The standard InChI is InChI=1S/C4H7BrO2.C3H5BrO2.CH3I.CH4O.CH4.I2/c1-2-7-4(6)3-5;1-6-3(5)2-4;2*1-2;;1-2/h2-3H2,1H3;2H2,1H3;1H3;2H,1H3;1H4;. The zero-order chi connectivity index (χ0) is 16.7. The van der Waals surface area contributed by atoms with E-state index in [-0.39, 0.29) is 24.7 Å². The third-order valence-electron chi connectivity index (χ3n) is 0.751. The molecular formula is C10H23Br2I3O5. The summed E-state index contributed by atoms with van der Waals surface area (Å²) < 4.78 is 8.72. The summed E-state index contributed by atoms with van der Waals surface area (Å²) in [5.74, 6) is -0.447. The van der Waals surface area contributed by atoms with Crippen LogP contribution >= 0.6 is 91.7 Å². The van der Waals surface area contributed by atoms with E-state index in [1.165, 1.54) is 7.11 Å². The van der Waals surface area contributed by atoms with E-state index in [0.29, 0.717) is 11.9 Å². The number of ether oxygens (including phenoxy) is 2. The van der Waals surface area contributed by atoms with Crippen molar-refractivity contribution in [3.8, 4) is 0 Å². The van der Waals surface area contributed by atoms with Crippen LogP contribution in [-0.4, -0.2) is 53.5 Å². The molecule has 0 amide bonds. The molecule has 0 atom stereocenters. The summed E-state index contributed by atoms with van der Waals surface area (Å²) in [7, 11) is 2.35. The Kier molecular flexibility index (Phi) is 94.2. The molecule has 1 N–H and O–H groups in total. The van der Waals surface area contributed by atoms with Gasteiger partial charge in [0.25, 0.3) is 0 Å². The molecule has 0 saturated carbocycles. The van der Waals surface area contributed by atoms with Crippen LogP contribution in [0.25, 0.3) is 0 Å². The number of carbonyl (C=O) groups excluding carboxylic acids is 2. The van der Waals surface area contributed by atoms with E-state index in [0.717, 1.165) is 7.11 Å². The molecular weight excluding hydrogens is 741 g/mol. The minimum absolute atomic E-state index is 0. The number of halogens is 5. The van der Waals surface area contributed by atoms with Gasteiger partial charge in [-0.15, -0.1) is 0 Å². The van der Waals surface area contributed by atoms with Gasteiger partial charge in [-0.1, -0.05) is 61.9 Å². The quantitative estimate of drug-likeness (QED) is 0.260. The molecule has 10 heteroatoms. The van der Waals surface area contributed by atoms with Crippen molar-refractivity contribution in [2.45, 2.75) is 14.4 Å². The molecule has 0 aliphatic heterocycles. The molecule has 20 heavy (non-hydrogen) atoms. The van der Waals surface area contributed by atoms with Crippen LogP contribution in [0.2, 0.25) is 0 Å². The minimum Gasteiger partial charge on any atom is -0.468 e. The molecule has 0 aromatic heterocycles. The molecule has 0 unspecified atom stereocenters. The fraction of sp³-hybridized carbons (Fsp3) is 0.800. The number of hydrogen-bond donors (Lipinski definition) is 1. The van der Waals surface area contributed by atoms with Gasteiger partial charge in [-0.05, 0) is 11.9 Å². The molecule has 0 fully saturated rings. The minimum atomic E-state index is -0.241. The van der Waals surface area contributed by atoms with Gasteiger partial charge in [-0.3, -0.25) is 9.59 Å². The normalized spacial score (nSPS) is 6.10. The lowest BCUT2D eigenvalue weighted by Crippen LogP contribution is -2.03. The molecule has 0 heterocycles. The fourth-order valence-electron chi connectivity index (χ4n) is 0.254. The highest BCUT2D eigenvalue weighted by atomic mass is 128. The average molecular weight is 764 g/mol. The Morgan fingerprint density at radius 3 is 1.40 bits per heavy atom. The first-order valence-corrected chi connectivity index (χ1v) is 15.1. The third kappa shape index (κ3) is 59.6. The van der Waals surface area contributed by atoms with E-state index in [1.807, 2.05) is 4.93 Å². The van der Waals surface area contributed by atoms with Gasteiger partial charge < -0.3 is 14.6 Å². The molecule has 128 valence electrons. The second-order valence-corrected chi connectivity index (χ2v) is 2.77. The molecule has 0 bridgehead atoms.